The fourth-order valence-electron chi connectivity index (χ4n) is 3.56. The van der Waals surface area contributed by atoms with Crippen molar-refractivity contribution in [3.8, 4) is 0 Å². The molecule has 1 saturated heterocycles. The topological polar surface area (TPSA) is 53.0 Å². The van der Waals surface area contributed by atoms with E-state index in [0.29, 0.717) is 0 Å². The number of carboxylic acids is 1. The molecule has 1 heterocycles. The molecular weight excluding hydrogens is 361 g/mol. The van der Waals surface area contributed by atoms with Crippen LogP contribution in [0.3, 0.4) is 0 Å². The molecule has 8 heteroatoms. The van der Waals surface area contributed by atoms with E-state index in [1.165, 1.54) is 45.6 Å². The highest BCUT2D eigenvalue weighted by molar-refractivity contribution is 5.73. The third kappa shape index (κ3) is 7.12. The molecule has 0 saturated carbocycles. The van der Waals surface area contributed by atoms with Gasteiger partial charge in [0.05, 0.1) is 6.61 Å². The molecule has 2 aliphatic rings. The standard InChI is InChI=1S/C17H26N2O.C2HF3O2/c1-20-11-10-18-6-8-19(9-7-18)14-15-12-16-4-2-3-5-17(16)13-15;3-2(4,5)1(6)7/h2-5,15H,6-14H2,1H3;(H,6,7). The van der Waals surface area contributed by atoms with Crippen LogP contribution in [0, 0.1) is 5.92 Å². The van der Waals surface area contributed by atoms with E-state index < -0.39 is 12.1 Å². The number of benzene rings is 1. The number of carbonyl (C=O) groups is 1. The number of nitrogens with zero attached hydrogens (tertiary/aromatic N) is 2. The number of hydrogen-bond donors (Lipinski definition) is 1. The number of alkyl halides is 3. The van der Waals surface area contributed by atoms with Crippen LogP contribution in [0.5, 0.6) is 0 Å². The highest BCUT2D eigenvalue weighted by Gasteiger charge is 2.38. The quantitative estimate of drug-likeness (QED) is 0.839. The summed E-state index contributed by atoms with van der Waals surface area (Å²) in [5.41, 5.74) is 3.16. The second kappa shape index (κ2) is 10.1. The van der Waals surface area contributed by atoms with Crippen LogP contribution in [0.15, 0.2) is 24.3 Å². The van der Waals surface area contributed by atoms with E-state index in [2.05, 4.69) is 34.1 Å². The van der Waals surface area contributed by atoms with Crippen molar-refractivity contribution in [1.82, 2.24) is 9.80 Å². The van der Waals surface area contributed by atoms with Crippen LogP contribution in [0.2, 0.25) is 0 Å². The summed E-state index contributed by atoms with van der Waals surface area (Å²) in [7, 11) is 1.79. The average molecular weight is 388 g/mol. The molecule has 1 aromatic carbocycles. The number of halogens is 3. The molecule has 0 bridgehead atoms. The number of aliphatic carboxylic acids is 1. The Labute approximate surface area is 157 Å². The van der Waals surface area contributed by atoms with Crippen molar-refractivity contribution in [2.75, 3.05) is 53.0 Å². The molecule has 1 aromatic rings. The van der Waals surface area contributed by atoms with Gasteiger partial charge < -0.3 is 14.7 Å². The van der Waals surface area contributed by atoms with E-state index in [0.717, 1.165) is 19.1 Å². The molecule has 1 aliphatic heterocycles. The minimum Gasteiger partial charge on any atom is -0.475 e. The van der Waals surface area contributed by atoms with E-state index in [4.69, 9.17) is 14.6 Å². The van der Waals surface area contributed by atoms with E-state index in [1.807, 2.05) is 0 Å². The van der Waals surface area contributed by atoms with Gasteiger partial charge in [-0.25, -0.2) is 4.79 Å². The number of carboxylic acid groups (broad SMARTS) is 1. The van der Waals surface area contributed by atoms with Gasteiger partial charge >= 0.3 is 12.1 Å². The molecule has 1 aliphatic carbocycles. The summed E-state index contributed by atoms with van der Waals surface area (Å²) in [6, 6.07) is 8.96. The van der Waals surface area contributed by atoms with Crippen molar-refractivity contribution in [2.24, 2.45) is 5.92 Å². The van der Waals surface area contributed by atoms with Gasteiger partial charge in [0, 0.05) is 46.4 Å². The SMILES string of the molecule is COCCN1CCN(CC2Cc3ccccc3C2)CC1.O=C(O)C(F)(F)F. The van der Waals surface area contributed by atoms with E-state index in [-0.39, 0.29) is 0 Å². The van der Waals surface area contributed by atoms with E-state index in [1.54, 1.807) is 18.2 Å². The Bertz CT molecular complexity index is 577. The van der Waals surface area contributed by atoms with Gasteiger partial charge in [0.2, 0.25) is 0 Å². The third-order valence-corrected chi connectivity index (χ3v) is 4.97. The first-order valence-electron chi connectivity index (χ1n) is 9.10. The monoisotopic (exact) mass is 388 g/mol. The molecule has 27 heavy (non-hydrogen) atoms. The van der Waals surface area contributed by atoms with E-state index in [9.17, 15) is 13.2 Å². The molecule has 1 fully saturated rings. The second-order valence-corrected chi connectivity index (χ2v) is 6.98. The van der Waals surface area contributed by atoms with Crippen LogP contribution < -0.4 is 0 Å². The predicted octanol–water partition coefficient (Wildman–Crippen LogP) is 2.30. The lowest BCUT2D eigenvalue weighted by Gasteiger charge is -2.35. The molecule has 5 nitrogen and oxygen atoms in total. The number of methoxy groups -OCH3 is 1. The maximum Gasteiger partial charge on any atom is 0.490 e. The first kappa shape index (κ1) is 21.7. The molecule has 152 valence electrons. The van der Waals surface area contributed by atoms with Crippen molar-refractivity contribution in [3.05, 3.63) is 35.4 Å². The Morgan fingerprint density at radius 2 is 1.59 bits per heavy atom. The smallest absolute Gasteiger partial charge is 0.475 e. The van der Waals surface area contributed by atoms with Crippen molar-refractivity contribution in [2.45, 2.75) is 19.0 Å². The summed E-state index contributed by atoms with van der Waals surface area (Å²) in [6.45, 7) is 8.04. The molecule has 0 radical (unpaired) electrons. The largest absolute Gasteiger partial charge is 0.490 e. The zero-order valence-corrected chi connectivity index (χ0v) is 15.5. The number of rotatable bonds is 5. The first-order chi connectivity index (χ1) is 12.8. The fourth-order valence-corrected chi connectivity index (χ4v) is 3.56. The van der Waals surface area contributed by atoms with Crippen molar-refractivity contribution >= 4 is 5.97 Å². The zero-order chi connectivity index (χ0) is 19.9. The van der Waals surface area contributed by atoms with Crippen LogP contribution in [-0.2, 0) is 22.4 Å². The normalized spacial score (nSPS) is 18.7. The molecule has 0 unspecified atom stereocenters. The van der Waals surface area contributed by atoms with Crippen molar-refractivity contribution in [1.29, 1.82) is 0 Å². The highest BCUT2D eigenvalue weighted by atomic mass is 19.4. The number of fused-ring (bicyclic) bond motifs is 1. The summed E-state index contributed by atoms with van der Waals surface area (Å²) >= 11 is 0. The average Bonchev–Trinajstić information content (AvgIpc) is 3.03. The lowest BCUT2D eigenvalue weighted by molar-refractivity contribution is -0.192. The molecule has 3 rings (SSSR count). The molecule has 0 atom stereocenters. The zero-order valence-electron chi connectivity index (χ0n) is 15.5. The Morgan fingerprint density at radius 3 is 2.04 bits per heavy atom. The molecule has 0 aromatic heterocycles. The van der Waals surface area contributed by atoms with E-state index >= 15 is 0 Å². The van der Waals surface area contributed by atoms with Crippen LogP contribution in [0.4, 0.5) is 13.2 Å². The maximum atomic E-state index is 10.6. The Hall–Kier alpha value is -1.64. The molecule has 0 amide bonds. The summed E-state index contributed by atoms with van der Waals surface area (Å²) in [5.74, 6) is -1.93. The Balaban J connectivity index is 0.000000321. The maximum absolute atomic E-state index is 10.6. The van der Waals surface area contributed by atoms with Crippen LogP contribution in [0.25, 0.3) is 0 Å². The van der Waals surface area contributed by atoms with Gasteiger partial charge in [0.25, 0.3) is 0 Å². The second-order valence-electron chi connectivity index (χ2n) is 6.98. The fraction of sp³-hybridized carbons (Fsp3) is 0.632. The van der Waals surface area contributed by atoms with Crippen LogP contribution in [-0.4, -0.2) is 80.0 Å². The highest BCUT2D eigenvalue weighted by Crippen LogP contribution is 2.27. The summed E-state index contributed by atoms with van der Waals surface area (Å²) in [6.07, 6.45) is -2.53. The van der Waals surface area contributed by atoms with Gasteiger partial charge in [0.1, 0.15) is 0 Å². The summed E-state index contributed by atoms with van der Waals surface area (Å²) in [5, 5.41) is 7.12. The van der Waals surface area contributed by atoms with Gasteiger partial charge in [-0.05, 0) is 29.9 Å². The van der Waals surface area contributed by atoms with Crippen LogP contribution >= 0.6 is 0 Å². The van der Waals surface area contributed by atoms with Gasteiger partial charge in [0.15, 0.2) is 0 Å². The van der Waals surface area contributed by atoms with Crippen LogP contribution in [0.1, 0.15) is 11.1 Å². The minimum absolute atomic E-state index is 0.831. The third-order valence-electron chi connectivity index (χ3n) is 4.97. The number of ether oxygens (including phenoxy) is 1. The first-order valence-corrected chi connectivity index (χ1v) is 9.10. The molecule has 1 N–H and O–H groups in total. The van der Waals surface area contributed by atoms with Crippen molar-refractivity contribution in [3.63, 3.8) is 0 Å². The predicted molar refractivity (Wildman–Crippen MR) is 95.8 cm³/mol. The lowest BCUT2D eigenvalue weighted by Crippen LogP contribution is -2.48. The van der Waals surface area contributed by atoms with Gasteiger partial charge in [-0.2, -0.15) is 13.2 Å². The molecular formula is C19H27F3N2O3. The van der Waals surface area contributed by atoms with Gasteiger partial charge in [-0.1, -0.05) is 24.3 Å². The molecule has 0 spiro atoms. The van der Waals surface area contributed by atoms with Gasteiger partial charge in [-0.15, -0.1) is 0 Å². The summed E-state index contributed by atoms with van der Waals surface area (Å²) < 4.78 is 36.9. The summed E-state index contributed by atoms with van der Waals surface area (Å²) in [4.78, 5) is 14.1. The Morgan fingerprint density at radius 1 is 1.11 bits per heavy atom. The Kier molecular flexibility index (Phi) is 8.07. The van der Waals surface area contributed by atoms with Crippen molar-refractivity contribution < 1.29 is 27.8 Å². The minimum atomic E-state index is -5.08. The number of piperazine rings is 1. The van der Waals surface area contributed by atoms with Gasteiger partial charge in [-0.3, -0.25) is 4.90 Å². The lowest BCUT2D eigenvalue weighted by atomic mass is 10.1. The number of hydrogen-bond acceptors (Lipinski definition) is 4.